The molecule has 1 aromatic carbocycles. The topological polar surface area (TPSA) is 18.5 Å². The predicted octanol–water partition coefficient (Wildman–Crippen LogP) is 12.7. The van der Waals surface area contributed by atoms with E-state index in [1.165, 1.54) is 24.3 Å². The molecule has 0 radical (unpaired) electrons. The van der Waals surface area contributed by atoms with Crippen molar-refractivity contribution in [1.29, 1.82) is 0 Å². The molecule has 0 aliphatic carbocycles. The molecule has 0 saturated heterocycles. The lowest BCUT2D eigenvalue weighted by molar-refractivity contribution is -0.461. The Hall–Kier alpha value is -2.99. The third-order valence-corrected chi connectivity index (χ3v) is 8.19. The van der Waals surface area contributed by atoms with Crippen molar-refractivity contribution in [2.24, 2.45) is 17.8 Å². The Labute approximate surface area is 295 Å². The lowest BCUT2D eigenvalue weighted by Crippen LogP contribution is -2.74. The minimum absolute atomic E-state index is 0.0165. The molecule has 0 bridgehead atoms. The van der Waals surface area contributed by atoms with Gasteiger partial charge < -0.3 is 9.47 Å². The molecule has 0 saturated carbocycles. The smallest absolute Gasteiger partial charge is 0.460 e. The first-order chi connectivity index (χ1) is 23.9. The lowest BCUT2D eigenvalue weighted by atomic mass is 9.88. The van der Waals surface area contributed by atoms with Gasteiger partial charge >= 0.3 is 47.6 Å². The number of benzene rings is 1. The highest BCUT2D eigenvalue weighted by molar-refractivity contribution is 5.27. The maximum Gasteiger partial charge on any atom is 0.460 e. The van der Waals surface area contributed by atoms with Crippen LogP contribution in [0.15, 0.2) is 61.2 Å². The van der Waals surface area contributed by atoms with Gasteiger partial charge in [-0.3, -0.25) is 0 Å². The van der Waals surface area contributed by atoms with Gasteiger partial charge in [0.25, 0.3) is 0 Å². The standard InChI is InChI=1S/C34H39F17O2/c1-6-21(2)10-7-11-22(3)12-8-13-23(4)24(5)53-20-25-14-16-26(17-15-25)52-19-9-18-27(35,36)28(37,38)29(39,40)30(41,42)31(43,44)32(45,46)33(47,48)34(49,50)51/h6-8,11,13-17,21-24H,1,9-10,12,18-20H2,2-5H3/b11-7+,13-8+/t21-,22+,23-,24-/m1/s1. The molecule has 0 amide bonds. The predicted molar refractivity (Wildman–Crippen MR) is 161 cm³/mol. The first-order valence-corrected chi connectivity index (χ1v) is 15.9. The van der Waals surface area contributed by atoms with Crippen LogP contribution in [0.3, 0.4) is 0 Å². The quantitative estimate of drug-likeness (QED) is 0.0660. The summed E-state index contributed by atoms with van der Waals surface area (Å²) in [5.74, 6) is -55.8. The van der Waals surface area contributed by atoms with Crippen LogP contribution < -0.4 is 4.74 Å². The van der Waals surface area contributed by atoms with Crippen molar-refractivity contribution in [2.75, 3.05) is 6.61 Å². The van der Waals surface area contributed by atoms with Gasteiger partial charge in [-0.2, -0.15) is 74.6 Å². The SMILES string of the molecule is C=C[C@@H](C)C/C=C/[C@H](C)C/C=C/[C@@H](C)[C@@H](C)OCc1ccc(OCCCC(F)(F)C(F)(F)C(F)(F)C(F)(F)C(F)(F)C(F)(F)C(F)(F)C(F)(F)F)cc1. The van der Waals surface area contributed by atoms with Gasteiger partial charge in [0, 0.05) is 6.42 Å². The van der Waals surface area contributed by atoms with Crippen LogP contribution >= 0.6 is 0 Å². The van der Waals surface area contributed by atoms with Crippen molar-refractivity contribution >= 4 is 0 Å². The Morgan fingerprint density at radius 3 is 1.55 bits per heavy atom. The summed E-state index contributed by atoms with van der Waals surface area (Å²) in [5.41, 5.74) is 0.581. The Balaban J connectivity index is 2.79. The molecule has 1 rings (SSSR count). The summed E-state index contributed by atoms with van der Waals surface area (Å²) >= 11 is 0. The van der Waals surface area contributed by atoms with E-state index in [9.17, 15) is 74.6 Å². The van der Waals surface area contributed by atoms with E-state index < -0.39 is 67.1 Å². The molecule has 0 N–H and O–H groups in total. The van der Waals surface area contributed by atoms with Gasteiger partial charge in [0.1, 0.15) is 5.75 Å². The van der Waals surface area contributed by atoms with Crippen LogP contribution in [0.2, 0.25) is 0 Å². The van der Waals surface area contributed by atoms with Gasteiger partial charge in [-0.05, 0) is 61.6 Å². The second-order valence-electron chi connectivity index (χ2n) is 12.6. The largest absolute Gasteiger partial charge is 0.494 e. The fraction of sp³-hybridized carbons (Fsp3) is 0.647. The molecule has 19 heteroatoms. The minimum atomic E-state index is -8.64. The zero-order valence-corrected chi connectivity index (χ0v) is 28.7. The van der Waals surface area contributed by atoms with E-state index in [4.69, 9.17) is 9.47 Å². The van der Waals surface area contributed by atoms with Crippen molar-refractivity contribution in [3.8, 4) is 5.75 Å². The van der Waals surface area contributed by atoms with Gasteiger partial charge in [-0.15, -0.1) is 6.58 Å². The second-order valence-corrected chi connectivity index (χ2v) is 12.6. The highest BCUT2D eigenvalue weighted by Crippen LogP contribution is 2.64. The molecule has 0 spiro atoms. The lowest BCUT2D eigenvalue weighted by Gasteiger charge is -2.42. The van der Waals surface area contributed by atoms with E-state index in [1.54, 1.807) is 0 Å². The molecule has 1 aromatic rings. The molecule has 0 aliphatic heterocycles. The Kier molecular flexibility index (Phi) is 16.0. The molecule has 306 valence electrons. The van der Waals surface area contributed by atoms with Crippen molar-refractivity contribution in [2.45, 2.75) is 114 Å². The van der Waals surface area contributed by atoms with Crippen molar-refractivity contribution in [1.82, 2.24) is 0 Å². The van der Waals surface area contributed by atoms with E-state index in [0.29, 0.717) is 17.4 Å². The van der Waals surface area contributed by atoms with Crippen molar-refractivity contribution in [3.05, 3.63) is 66.8 Å². The maximum atomic E-state index is 14.1. The summed E-state index contributed by atoms with van der Waals surface area (Å²) in [5, 5.41) is 0. The Morgan fingerprint density at radius 2 is 1.06 bits per heavy atom. The Bertz CT molecular complexity index is 1350. The highest BCUT2D eigenvalue weighted by Gasteiger charge is 2.95. The van der Waals surface area contributed by atoms with Gasteiger partial charge in [0.05, 0.1) is 19.3 Å². The molecule has 53 heavy (non-hydrogen) atoms. The normalized spacial score (nSPS) is 16.9. The number of ether oxygens (including phenoxy) is 2. The second kappa shape index (κ2) is 17.6. The molecular weight excluding hydrogens is 763 g/mol. The molecule has 2 nitrogen and oxygen atoms in total. The maximum absolute atomic E-state index is 14.1. The monoisotopic (exact) mass is 802 g/mol. The average Bonchev–Trinajstić information content (AvgIpc) is 3.04. The summed E-state index contributed by atoms with van der Waals surface area (Å²) in [4.78, 5) is 0. The van der Waals surface area contributed by atoms with Crippen LogP contribution in [-0.2, 0) is 11.3 Å². The van der Waals surface area contributed by atoms with E-state index in [2.05, 4.69) is 32.6 Å². The third-order valence-electron chi connectivity index (χ3n) is 8.19. The summed E-state index contributed by atoms with van der Waals surface area (Å²) in [6.07, 6.45) is -0.143. The number of hydrogen-bond donors (Lipinski definition) is 0. The van der Waals surface area contributed by atoms with Crippen molar-refractivity contribution in [3.63, 3.8) is 0 Å². The summed E-state index contributed by atoms with van der Waals surface area (Å²) in [6.45, 7) is 10.7. The molecule has 0 heterocycles. The fourth-order valence-corrected chi connectivity index (χ4v) is 4.26. The van der Waals surface area contributed by atoms with Gasteiger partial charge in [-0.25, -0.2) is 0 Å². The van der Waals surface area contributed by atoms with Crippen LogP contribution in [-0.4, -0.2) is 60.3 Å². The molecule has 0 aliphatic rings. The number of alkyl halides is 17. The van der Waals surface area contributed by atoms with Gasteiger partial charge in [-0.1, -0.05) is 63.3 Å². The molecule has 0 unspecified atom stereocenters. The van der Waals surface area contributed by atoms with E-state index >= 15 is 0 Å². The number of hydrogen-bond acceptors (Lipinski definition) is 2. The zero-order chi connectivity index (χ0) is 41.5. The van der Waals surface area contributed by atoms with E-state index in [-0.39, 0.29) is 24.4 Å². The van der Waals surface area contributed by atoms with E-state index in [1.807, 2.05) is 32.1 Å². The summed E-state index contributed by atoms with van der Waals surface area (Å²) in [7, 11) is 0. The van der Waals surface area contributed by atoms with Crippen LogP contribution in [0, 0.1) is 17.8 Å². The first kappa shape index (κ1) is 48.0. The van der Waals surface area contributed by atoms with Crippen LogP contribution in [0.25, 0.3) is 0 Å². The fourth-order valence-electron chi connectivity index (χ4n) is 4.26. The molecule has 0 fully saturated rings. The molecule has 0 aromatic heterocycles. The molecular formula is C34H39F17O2. The van der Waals surface area contributed by atoms with Crippen LogP contribution in [0.4, 0.5) is 74.6 Å². The van der Waals surface area contributed by atoms with E-state index in [0.717, 1.165) is 12.8 Å². The highest BCUT2D eigenvalue weighted by atomic mass is 19.4. The summed E-state index contributed by atoms with van der Waals surface area (Å²) < 4.78 is 239. The average molecular weight is 803 g/mol. The van der Waals surface area contributed by atoms with Crippen LogP contribution in [0.5, 0.6) is 5.75 Å². The van der Waals surface area contributed by atoms with Gasteiger partial charge in [0.2, 0.25) is 0 Å². The van der Waals surface area contributed by atoms with Gasteiger partial charge in [0.15, 0.2) is 0 Å². The first-order valence-electron chi connectivity index (χ1n) is 15.9. The van der Waals surface area contributed by atoms with Crippen molar-refractivity contribution < 1.29 is 84.1 Å². The minimum Gasteiger partial charge on any atom is -0.494 e. The summed E-state index contributed by atoms with van der Waals surface area (Å²) in [6, 6.07) is 5.37. The molecule has 4 atom stereocenters. The Morgan fingerprint density at radius 1 is 0.604 bits per heavy atom. The third kappa shape index (κ3) is 10.6. The number of halogens is 17. The zero-order valence-electron chi connectivity index (χ0n) is 28.7. The van der Waals surface area contributed by atoms with Crippen LogP contribution in [0.1, 0.15) is 58.9 Å². The number of allylic oxidation sites excluding steroid dienone is 4. The number of rotatable bonds is 22.